The number of azo groups is 2. The molecule has 46 heavy (non-hydrogen) atoms. The minimum absolute atomic E-state index is 0. The standard InChI is InChI=1S/C22H17N5O13S3.CH3.2Cu/c23-12-6-11-9(4-20(12)43(34,35)36)3-19(42-40-38-33)21(22(11)31)27-26-15-8-17(29)14(7-18(15)30)25-24-13-5-10(41-39-37-32)1-2-16(13)28;;;/h1-8,28-33H,23H2,(H,34,35,36);1H3;;/q;+1;;. The third kappa shape index (κ3) is 9.57. The van der Waals surface area contributed by atoms with E-state index in [-0.39, 0.29) is 91.4 Å². The first-order valence-corrected chi connectivity index (χ1v) is 13.9. The number of rotatable bonds is 11. The number of nitrogens with zero attached hydrogens (tertiary/aromatic N) is 4. The quantitative estimate of drug-likeness (QED) is 0.00910. The molecular formula is C23H20Cu2N5O13S3+. The van der Waals surface area contributed by atoms with E-state index in [9.17, 15) is 33.4 Å². The van der Waals surface area contributed by atoms with E-state index in [1.54, 1.807) is 0 Å². The molecule has 0 amide bonds. The summed E-state index contributed by atoms with van der Waals surface area (Å²) in [7, 11) is -4.71. The predicted molar refractivity (Wildman–Crippen MR) is 154 cm³/mol. The molecule has 0 unspecified atom stereocenters. The summed E-state index contributed by atoms with van der Waals surface area (Å²) >= 11 is 0.933. The molecule has 0 saturated carbocycles. The normalized spacial score (nSPS) is 11.4. The summed E-state index contributed by atoms with van der Waals surface area (Å²) in [6.07, 6.45) is 0. The van der Waals surface area contributed by atoms with Crippen LogP contribution in [-0.2, 0) is 63.0 Å². The zero-order valence-electron chi connectivity index (χ0n) is 22.4. The fourth-order valence-corrected chi connectivity index (χ4v) is 4.96. The second-order valence-electron chi connectivity index (χ2n) is 7.99. The number of benzene rings is 4. The van der Waals surface area contributed by atoms with Gasteiger partial charge in [-0.15, -0.1) is 29.1 Å². The van der Waals surface area contributed by atoms with Crippen LogP contribution >= 0.6 is 24.1 Å². The van der Waals surface area contributed by atoms with Crippen molar-refractivity contribution in [3.63, 3.8) is 0 Å². The Labute approximate surface area is 288 Å². The number of nitrogens with two attached hydrogens (primary N) is 1. The van der Waals surface area contributed by atoms with Crippen LogP contribution in [0, 0.1) is 7.43 Å². The van der Waals surface area contributed by atoms with Gasteiger partial charge in [-0.1, -0.05) is 10.1 Å². The predicted octanol–water partition coefficient (Wildman–Crippen LogP) is 6.62. The molecule has 0 aromatic heterocycles. The molecular weight excluding hydrogens is 778 g/mol. The average Bonchev–Trinajstić information content (AvgIpc) is 2.95. The van der Waals surface area contributed by atoms with Crippen molar-refractivity contribution in [2.45, 2.75) is 14.7 Å². The summed E-state index contributed by atoms with van der Waals surface area (Å²) in [6, 6.07) is 9.22. The van der Waals surface area contributed by atoms with Gasteiger partial charge in [-0.2, -0.15) is 8.42 Å². The second kappa shape index (κ2) is 17.5. The SMILES string of the molecule is Nc1cc2c(O)c(N=Nc3cc(O)c(N=Nc4cc(SOOO)ccc4O)cc3O)c(SOOO)cc2cc1S(=O)(=O)O.[CH3+].[Cu].[Cu]. The Morgan fingerprint density at radius 1 is 0.717 bits per heavy atom. The number of aromatic hydroxyl groups is 4. The van der Waals surface area contributed by atoms with Crippen molar-refractivity contribution in [2.24, 2.45) is 20.5 Å². The van der Waals surface area contributed by atoms with Crippen molar-refractivity contribution in [1.82, 2.24) is 0 Å². The topological polar surface area (TPSA) is 288 Å². The van der Waals surface area contributed by atoms with Gasteiger partial charge in [-0.25, -0.2) is 10.5 Å². The Morgan fingerprint density at radius 3 is 1.83 bits per heavy atom. The van der Waals surface area contributed by atoms with E-state index >= 15 is 0 Å². The van der Waals surface area contributed by atoms with E-state index in [0.29, 0.717) is 29.0 Å². The van der Waals surface area contributed by atoms with Crippen LogP contribution in [0.25, 0.3) is 10.8 Å². The number of nitrogen functional groups attached to an aromatic ring is 1. The van der Waals surface area contributed by atoms with Crippen molar-refractivity contribution in [1.29, 1.82) is 0 Å². The molecule has 254 valence electrons. The Kier molecular flexibility index (Phi) is 15.5. The van der Waals surface area contributed by atoms with Gasteiger partial charge in [0.1, 0.15) is 44.9 Å². The van der Waals surface area contributed by atoms with Crippen molar-refractivity contribution in [3.8, 4) is 23.0 Å². The largest absolute Gasteiger partial charge is 0.506 e. The maximum atomic E-state index is 11.6. The summed E-state index contributed by atoms with van der Waals surface area (Å²) in [6.45, 7) is 0. The fraction of sp³-hybridized carbons (Fsp3) is 0. The van der Waals surface area contributed by atoms with Crippen LogP contribution in [0.15, 0.2) is 83.7 Å². The number of hydrogen-bond acceptors (Lipinski definition) is 19. The van der Waals surface area contributed by atoms with Gasteiger partial charge in [0.2, 0.25) is 0 Å². The second-order valence-corrected chi connectivity index (χ2v) is 10.9. The van der Waals surface area contributed by atoms with Crippen LogP contribution in [0.4, 0.5) is 28.4 Å². The molecule has 9 N–H and O–H groups in total. The van der Waals surface area contributed by atoms with Gasteiger partial charge in [-0.3, -0.25) is 4.55 Å². The van der Waals surface area contributed by atoms with E-state index in [1.807, 2.05) is 0 Å². The zero-order valence-corrected chi connectivity index (χ0v) is 26.7. The zero-order chi connectivity index (χ0) is 31.3. The van der Waals surface area contributed by atoms with Gasteiger partial charge in [-0.05, 0) is 41.8 Å². The molecule has 0 bridgehead atoms. The molecule has 0 atom stereocenters. The third-order valence-corrected chi connectivity index (χ3v) is 7.42. The van der Waals surface area contributed by atoms with Crippen LogP contribution in [0.3, 0.4) is 0 Å². The van der Waals surface area contributed by atoms with E-state index in [1.165, 1.54) is 24.3 Å². The molecule has 0 aliphatic rings. The third-order valence-electron chi connectivity index (χ3n) is 5.32. The monoisotopic (exact) mass is 796 g/mol. The number of phenols is 4. The van der Waals surface area contributed by atoms with Gasteiger partial charge in [0.15, 0.2) is 5.75 Å². The Hall–Kier alpha value is -3.38. The van der Waals surface area contributed by atoms with Crippen LogP contribution in [0.5, 0.6) is 23.0 Å². The number of anilines is 1. The summed E-state index contributed by atoms with van der Waals surface area (Å²) in [5.41, 5.74) is 4.40. The van der Waals surface area contributed by atoms with Gasteiger partial charge >= 0.3 is 0 Å². The molecule has 0 spiro atoms. The Bertz CT molecular complexity index is 1870. The van der Waals surface area contributed by atoms with Crippen LogP contribution in [-0.4, -0.2) is 43.9 Å². The molecule has 4 aromatic carbocycles. The van der Waals surface area contributed by atoms with Gasteiger partial charge in [0, 0.05) is 64.0 Å². The first-order chi connectivity index (χ1) is 20.4. The number of phenolic OH excluding ortho intramolecular Hbond substituents is 4. The van der Waals surface area contributed by atoms with Crippen molar-refractivity contribution >= 4 is 73.4 Å². The molecule has 0 saturated heterocycles. The van der Waals surface area contributed by atoms with E-state index in [0.717, 1.165) is 24.3 Å². The maximum absolute atomic E-state index is 11.6. The smallest absolute Gasteiger partial charge is 0.296 e. The average molecular weight is 798 g/mol. The van der Waals surface area contributed by atoms with E-state index in [2.05, 4.69) is 39.2 Å². The minimum atomic E-state index is -4.71. The Morgan fingerprint density at radius 2 is 1.26 bits per heavy atom. The van der Waals surface area contributed by atoms with E-state index in [4.69, 9.17) is 16.2 Å². The first kappa shape index (κ1) is 40.6. The van der Waals surface area contributed by atoms with Crippen LogP contribution < -0.4 is 5.73 Å². The van der Waals surface area contributed by atoms with Gasteiger partial charge in [0.25, 0.3) is 10.1 Å². The van der Waals surface area contributed by atoms with Gasteiger partial charge in [0.05, 0.1) is 34.7 Å². The minimum Gasteiger partial charge on any atom is -0.506 e. The molecule has 4 rings (SSSR count). The first-order valence-electron chi connectivity index (χ1n) is 11.0. The summed E-state index contributed by atoms with van der Waals surface area (Å²) in [5.74, 6) is -1.96. The molecule has 23 heteroatoms. The van der Waals surface area contributed by atoms with Crippen molar-refractivity contribution in [3.05, 3.63) is 56.0 Å². The fourth-order valence-electron chi connectivity index (χ4n) is 3.44. The molecule has 0 aliphatic heterocycles. The van der Waals surface area contributed by atoms with Crippen molar-refractivity contribution in [2.75, 3.05) is 5.73 Å². The Balaban J connectivity index is 0.00000353. The summed E-state index contributed by atoms with van der Waals surface area (Å²) < 4.78 is 41.4. The molecule has 0 fully saturated rings. The van der Waals surface area contributed by atoms with E-state index < -0.39 is 32.3 Å². The molecule has 4 aromatic rings. The maximum Gasteiger partial charge on any atom is 0.296 e. The molecule has 0 heterocycles. The summed E-state index contributed by atoms with van der Waals surface area (Å²) in [5, 5.41) is 81.0. The summed E-state index contributed by atoms with van der Waals surface area (Å²) in [4.78, 5) is -0.358. The van der Waals surface area contributed by atoms with Crippen LogP contribution in [0.1, 0.15) is 0 Å². The van der Waals surface area contributed by atoms with Gasteiger partial charge < -0.3 is 26.2 Å². The van der Waals surface area contributed by atoms with Crippen LogP contribution in [0.2, 0.25) is 0 Å². The van der Waals surface area contributed by atoms with Crippen molar-refractivity contribution < 1.29 is 96.8 Å². The number of fused-ring (bicyclic) bond motifs is 1. The number of hydrogen-bond donors (Lipinski definition) is 8. The molecule has 0 aliphatic carbocycles. The molecule has 18 nitrogen and oxygen atoms in total. The molecule has 2 radical (unpaired) electrons.